The normalized spacial score (nSPS) is 15.5. The van der Waals surface area contributed by atoms with Crippen LogP contribution >= 0.6 is 12.2 Å². The van der Waals surface area contributed by atoms with Crippen LogP contribution < -0.4 is 14.8 Å². The fourth-order valence-corrected chi connectivity index (χ4v) is 4.36. The second-order valence-electron chi connectivity index (χ2n) is 7.51. The van der Waals surface area contributed by atoms with Crippen LogP contribution in [0.1, 0.15) is 28.4 Å². The summed E-state index contributed by atoms with van der Waals surface area (Å²) in [5.74, 6) is 1.43. The Hall–Kier alpha value is -2.99. The Bertz CT molecular complexity index is 1080. The Labute approximate surface area is 183 Å². The average molecular weight is 422 g/mol. The summed E-state index contributed by atoms with van der Waals surface area (Å²) in [7, 11) is 3.31. The maximum Gasteiger partial charge on any atom is 0.174 e. The van der Waals surface area contributed by atoms with Crippen molar-refractivity contribution in [1.82, 2.24) is 9.47 Å². The molecule has 1 N–H and O–H groups in total. The van der Waals surface area contributed by atoms with E-state index in [2.05, 4.69) is 71.2 Å². The highest BCUT2D eigenvalue weighted by Crippen LogP contribution is 2.37. The Morgan fingerprint density at radius 1 is 1.00 bits per heavy atom. The molecule has 6 heteroatoms. The first kappa shape index (κ1) is 20.3. The van der Waals surface area contributed by atoms with Crippen LogP contribution in [-0.4, -0.2) is 35.3 Å². The Kier molecular flexibility index (Phi) is 5.68. The van der Waals surface area contributed by atoms with Crippen molar-refractivity contribution in [3.8, 4) is 11.5 Å². The second kappa shape index (κ2) is 8.40. The highest BCUT2D eigenvalue weighted by molar-refractivity contribution is 7.80. The van der Waals surface area contributed by atoms with E-state index in [0.717, 1.165) is 35.2 Å². The van der Waals surface area contributed by atoms with Crippen molar-refractivity contribution < 1.29 is 9.47 Å². The number of thiocarbonyl (C=S) groups is 1. The second-order valence-corrected chi connectivity index (χ2v) is 7.90. The summed E-state index contributed by atoms with van der Waals surface area (Å²) < 4.78 is 13.3. The molecule has 0 fully saturated rings. The summed E-state index contributed by atoms with van der Waals surface area (Å²) in [6.07, 6.45) is 2.13. The predicted molar refractivity (Wildman–Crippen MR) is 125 cm³/mol. The van der Waals surface area contributed by atoms with Crippen molar-refractivity contribution in [2.45, 2.75) is 26.4 Å². The average Bonchev–Trinajstić information content (AvgIpc) is 3.24. The van der Waals surface area contributed by atoms with Crippen LogP contribution in [0.15, 0.2) is 54.7 Å². The standard InChI is InChI=1S/C24H27N3O2S/c1-16-7-5-8-19(17(16)2)25-24(30)27-14-13-26-12-6-9-20(26)23(27)18-10-11-21(28-3)22(15-18)29-4/h5-12,15,23H,13-14H2,1-4H3,(H,25,30)/t23-/m1/s1. The molecule has 1 aliphatic rings. The Balaban J connectivity index is 1.72. The van der Waals surface area contributed by atoms with E-state index in [0.29, 0.717) is 5.75 Å². The third-order valence-electron chi connectivity index (χ3n) is 5.87. The fourth-order valence-electron chi connectivity index (χ4n) is 4.05. The van der Waals surface area contributed by atoms with Gasteiger partial charge >= 0.3 is 0 Å². The SMILES string of the molecule is COc1ccc([C@@H]2c3cccn3CCN2C(=S)Nc2cccc(C)c2C)cc1OC. The largest absolute Gasteiger partial charge is 0.493 e. The number of anilines is 1. The van der Waals surface area contributed by atoms with Crippen LogP contribution in [0, 0.1) is 13.8 Å². The number of ether oxygens (including phenoxy) is 2. The van der Waals surface area contributed by atoms with Crippen molar-refractivity contribution in [1.29, 1.82) is 0 Å². The molecule has 30 heavy (non-hydrogen) atoms. The molecule has 0 bridgehead atoms. The molecule has 1 atom stereocenters. The Morgan fingerprint density at radius 3 is 2.57 bits per heavy atom. The molecule has 0 unspecified atom stereocenters. The van der Waals surface area contributed by atoms with E-state index in [-0.39, 0.29) is 6.04 Å². The van der Waals surface area contributed by atoms with E-state index in [4.69, 9.17) is 21.7 Å². The van der Waals surface area contributed by atoms with Gasteiger partial charge in [-0.15, -0.1) is 0 Å². The summed E-state index contributed by atoms with van der Waals surface area (Å²) in [6, 6.07) is 16.6. The van der Waals surface area contributed by atoms with Crippen molar-refractivity contribution in [2.24, 2.45) is 0 Å². The predicted octanol–water partition coefficient (Wildman–Crippen LogP) is 4.92. The summed E-state index contributed by atoms with van der Waals surface area (Å²) in [6.45, 7) is 5.94. The fraction of sp³-hybridized carbons (Fsp3) is 0.292. The minimum Gasteiger partial charge on any atom is -0.493 e. The monoisotopic (exact) mass is 421 g/mol. The number of rotatable bonds is 4. The summed E-state index contributed by atoms with van der Waals surface area (Å²) in [4.78, 5) is 2.26. The topological polar surface area (TPSA) is 38.7 Å². The molecular formula is C24H27N3O2S. The zero-order chi connectivity index (χ0) is 21.3. The molecule has 4 rings (SSSR count). The first-order valence-corrected chi connectivity index (χ1v) is 10.4. The van der Waals surface area contributed by atoms with Crippen molar-refractivity contribution in [2.75, 3.05) is 26.1 Å². The molecule has 1 aliphatic heterocycles. The van der Waals surface area contributed by atoms with Gasteiger partial charge in [0, 0.05) is 30.7 Å². The molecule has 156 valence electrons. The molecule has 5 nitrogen and oxygen atoms in total. The molecule has 0 saturated heterocycles. The number of hydrogen-bond donors (Lipinski definition) is 1. The quantitative estimate of drug-likeness (QED) is 0.605. The smallest absolute Gasteiger partial charge is 0.174 e. The molecule has 0 amide bonds. The van der Waals surface area contributed by atoms with E-state index in [1.807, 2.05) is 12.1 Å². The highest BCUT2D eigenvalue weighted by atomic mass is 32.1. The van der Waals surface area contributed by atoms with Gasteiger partial charge in [-0.25, -0.2) is 0 Å². The van der Waals surface area contributed by atoms with Gasteiger partial charge in [-0.1, -0.05) is 18.2 Å². The number of nitrogens with one attached hydrogen (secondary N) is 1. The number of methoxy groups -OCH3 is 2. The summed E-state index contributed by atoms with van der Waals surface area (Å²) >= 11 is 5.90. The van der Waals surface area contributed by atoms with Crippen molar-refractivity contribution in [3.63, 3.8) is 0 Å². The number of benzene rings is 2. The van der Waals surface area contributed by atoms with Gasteiger partial charge in [0.05, 0.1) is 20.3 Å². The zero-order valence-electron chi connectivity index (χ0n) is 17.8. The number of hydrogen-bond acceptors (Lipinski definition) is 3. The number of nitrogens with zero attached hydrogens (tertiary/aromatic N) is 2. The highest BCUT2D eigenvalue weighted by Gasteiger charge is 2.31. The molecule has 2 aromatic carbocycles. The molecule has 0 aliphatic carbocycles. The summed E-state index contributed by atoms with van der Waals surface area (Å²) in [5, 5.41) is 4.21. The van der Waals surface area contributed by atoms with Gasteiger partial charge in [0.15, 0.2) is 16.6 Å². The third kappa shape index (κ3) is 3.63. The molecule has 0 saturated carbocycles. The van der Waals surface area contributed by atoms with Gasteiger partial charge < -0.3 is 24.3 Å². The van der Waals surface area contributed by atoms with Crippen LogP contribution in [0.5, 0.6) is 11.5 Å². The zero-order valence-corrected chi connectivity index (χ0v) is 18.6. The van der Waals surface area contributed by atoms with Crippen LogP contribution in [0.25, 0.3) is 0 Å². The lowest BCUT2D eigenvalue weighted by molar-refractivity contribution is 0.291. The molecule has 0 radical (unpaired) electrons. The lowest BCUT2D eigenvalue weighted by atomic mass is 9.99. The first-order chi connectivity index (χ1) is 14.5. The minimum atomic E-state index is -0.0151. The molecule has 1 aromatic heterocycles. The van der Waals surface area contributed by atoms with E-state index in [1.54, 1.807) is 14.2 Å². The lowest BCUT2D eigenvalue weighted by Gasteiger charge is -2.39. The number of fused-ring (bicyclic) bond motifs is 1. The lowest BCUT2D eigenvalue weighted by Crippen LogP contribution is -2.44. The minimum absolute atomic E-state index is 0.0151. The maximum atomic E-state index is 5.90. The first-order valence-electron chi connectivity index (χ1n) is 10.0. The van der Waals surface area contributed by atoms with Gasteiger partial charge in [0.2, 0.25) is 0 Å². The Morgan fingerprint density at radius 2 is 1.80 bits per heavy atom. The van der Waals surface area contributed by atoms with Crippen LogP contribution in [0.3, 0.4) is 0 Å². The van der Waals surface area contributed by atoms with Gasteiger partial charge in [0.1, 0.15) is 0 Å². The van der Waals surface area contributed by atoms with Crippen molar-refractivity contribution in [3.05, 3.63) is 77.1 Å². The summed E-state index contributed by atoms with van der Waals surface area (Å²) in [5.41, 5.74) is 5.82. The van der Waals surface area contributed by atoms with Gasteiger partial charge in [-0.2, -0.15) is 0 Å². The van der Waals surface area contributed by atoms with Crippen LogP contribution in [0.4, 0.5) is 5.69 Å². The molecule has 2 heterocycles. The van der Waals surface area contributed by atoms with E-state index < -0.39 is 0 Å². The van der Waals surface area contributed by atoms with E-state index in [1.165, 1.54) is 16.8 Å². The molecular weight excluding hydrogens is 394 g/mol. The maximum absolute atomic E-state index is 5.90. The molecule has 0 spiro atoms. The van der Waals surface area contributed by atoms with Crippen LogP contribution in [-0.2, 0) is 6.54 Å². The van der Waals surface area contributed by atoms with E-state index in [9.17, 15) is 0 Å². The number of aryl methyl sites for hydroxylation is 1. The third-order valence-corrected chi connectivity index (χ3v) is 6.21. The molecule has 3 aromatic rings. The van der Waals surface area contributed by atoms with Gasteiger partial charge in [-0.3, -0.25) is 0 Å². The van der Waals surface area contributed by atoms with E-state index >= 15 is 0 Å². The van der Waals surface area contributed by atoms with Crippen molar-refractivity contribution >= 4 is 23.0 Å². The number of aromatic nitrogens is 1. The van der Waals surface area contributed by atoms with Gasteiger partial charge in [0.25, 0.3) is 0 Å². The van der Waals surface area contributed by atoms with Gasteiger partial charge in [-0.05, 0) is 73.1 Å². The van der Waals surface area contributed by atoms with Crippen LogP contribution in [0.2, 0.25) is 0 Å².